The van der Waals surface area contributed by atoms with Gasteiger partial charge in [0.05, 0.1) is 0 Å². The normalized spacial score (nSPS) is 10.3. The number of aryl methyl sites for hydroxylation is 1. The smallest absolute Gasteiger partial charge is 0.346 e. The van der Waals surface area contributed by atoms with Gasteiger partial charge in [-0.05, 0) is 17.5 Å². The van der Waals surface area contributed by atoms with Crippen LogP contribution in [0.15, 0.2) is 35.3 Å². The highest BCUT2D eigenvalue weighted by Crippen LogP contribution is 2.22. The highest BCUT2D eigenvalue weighted by atomic mass is 16.1. The summed E-state index contributed by atoms with van der Waals surface area (Å²) in [6.45, 7) is 2.10. The fraction of sp³-hybridized carbons (Fsp3) is 0.167. The minimum atomic E-state index is -0.425. The molecule has 0 bridgehead atoms. The first-order valence-corrected chi connectivity index (χ1v) is 5.15. The first-order valence-electron chi connectivity index (χ1n) is 5.15. The van der Waals surface area contributed by atoms with E-state index >= 15 is 0 Å². The molecule has 3 N–H and O–H groups in total. The lowest BCUT2D eigenvalue weighted by molar-refractivity contribution is 1.09. The van der Waals surface area contributed by atoms with Crippen LogP contribution < -0.4 is 11.4 Å². The molecule has 0 amide bonds. The van der Waals surface area contributed by atoms with Crippen LogP contribution in [0.5, 0.6) is 0 Å². The molecule has 16 heavy (non-hydrogen) atoms. The molecule has 1 aromatic carbocycles. The molecule has 0 aliphatic rings. The summed E-state index contributed by atoms with van der Waals surface area (Å²) in [4.78, 5) is 17.1. The molecule has 0 radical (unpaired) electrons. The van der Waals surface area contributed by atoms with Gasteiger partial charge in [0.2, 0.25) is 0 Å². The standard InChI is InChI=1S/C12H13N3O/c1-2-8-3-5-9(6-4-8)10-7-14-12(16)15-11(10)13/h3-7H,2H2,1H3,(H3,13,14,15,16). The molecule has 0 saturated carbocycles. The third kappa shape index (κ3) is 1.95. The number of rotatable bonds is 2. The fourth-order valence-corrected chi connectivity index (χ4v) is 1.56. The maximum Gasteiger partial charge on any atom is 0.346 e. The zero-order chi connectivity index (χ0) is 11.5. The van der Waals surface area contributed by atoms with Gasteiger partial charge >= 0.3 is 5.69 Å². The first-order chi connectivity index (χ1) is 7.70. The molecular weight excluding hydrogens is 202 g/mol. The molecule has 0 fully saturated rings. The summed E-state index contributed by atoms with van der Waals surface area (Å²) in [5, 5.41) is 0. The van der Waals surface area contributed by atoms with Crippen LogP contribution >= 0.6 is 0 Å². The number of benzene rings is 1. The van der Waals surface area contributed by atoms with Crippen LogP contribution in [0.25, 0.3) is 11.1 Å². The predicted octanol–water partition coefficient (Wildman–Crippen LogP) is 1.58. The van der Waals surface area contributed by atoms with Crippen LogP contribution in [-0.4, -0.2) is 9.97 Å². The lowest BCUT2D eigenvalue weighted by Gasteiger charge is -2.05. The van der Waals surface area contributed by atoms with Crippen molar-refractivity contribution in [3.05, 3.63) is 46.5 Å². The van der Waals surface area contributed by atoms with E-state index in [-0.39, 0.29) is 0 Å². The van der Waals surface area contributed by atoms with E-state index in [2.05, 4.69) is 16.9 Å². The van der Waals surface area contributed by atoms with Crippen molar-refractivity contribution in [1.29, 1.82) is 0 Å². The van der Waals surface area contributed by atoms with Crippen molar-refractivity contribution in [3.8, 4) is 11.1 Å². The van der Waals surface area contributed by atoms with E-state index in [1.54, 1.807) is 0 Å². The Balaban J connectivity index is 2.46. The summed E-state index contributed by atoms with van der Waals surface area (Å²) >= 11 is 0. The Morgan fingerprint density at radius 1 is 1.31 bits per heavy atom. The molecule has 2 aromatic rings. The molecule has 0 saturated heterocycles. The molecule has 0 spiro atoms. The van der Waals surface area contributed by atoms with Crippen molar-refractivity contribution < 1.29 is 0 Å². The van der Waals surface area contributed by atoms with Gasteiger partial charge < -0.3 is 5.73 Å². The topological polar surface area (TPSA) is 71.8 Å². The maximum absolute atomic E-state index is 10.9. The van der Waals surface area contributed by atoms with Crippen molar-refractivity contribution in [2.75, 3.05) is 5.73 Å². The monoisotopic (exact) mass is 215 g/mol. The van der Waals surface area contributed by atoms with Gasteiger partial charge in [0.25, 0.3) is 0 Å². The van der Waals surface area contributed by atoms with E-state index < -0.39 is 5.69 Å². The molecule has 4 nitrogen and oxygen atoms in total. The van der Waals surface area contributed by atoms with Crippen LogP contribution in [0.4, 0.5) is 5.82 Å². The first kappa shape index (κ1) is 10.4. The van der Waals surface area contributed by atoms with Crippen LogP contribution in [0.2, 0.25) is 0 Å². The Hall–Kier alpha value is -2.10. The zero-order valence-electron chi connectivity index (χ0n) is 9.03. The molecule has 82 valence electrons. The quantitative estimate of drug-likeness (QED) is 0.798. The molecule has 1 aromatic heterocycles. The number of hydrogen-bond acceptors (Lipinski definition) is 3. The summed E-state index contributed by atoms with van der Waals surface area (Å²) < 4.78 is 0. The average Bonchev–Trinajstić information content (AvgIpc) is 2.29. The van der Waals surface area contributed by atoms with Crippen molar-refractivity contribution in [2.45, 2.75) is 13.3 Å². The van der Waals surface area contributed by atoms with Gasteiger partial charge in [0.1, 0.15) is 5.82 Å². The lowest BCUT2D eigenvalue weighted by atomic mass is 10.1. The Morgan fingerprint density at radius 3 is 2.56 bits per heavy atom. The summed E-state index contributed by atoms with van der Waals surface area (Å²) in [6, 6.07) is 8.04. The minimum absolute atomic E-state index is 0.351. The largest absolute Gasteiger partial charge is 0.385 e. The number of nitrogens with one attached hydrogen (secondary N) is 1. The van der Waals surface area contributed by atoms with Gasteiger partial charge in [0.15, 0.2) is 0 Å². The number of anilines is 1. The van der Waals surface area contributed by atoms with E-state index in [1.807, 2.05) is 24.3 Å². The van der Waals surface area contributed by atoms with Gasteiger partial charge in [-0.15, -0.1) is 0 Å². The van der Waals surface area contributed by atoms with Crippen LogP contribution in [0.1, 0.15) is 12.5 Å². The number of aromatic nitrogens is 2. The van der Waals surface area contributed by atoms with E-state index in [0.29, 0.717) is 5.82 Å². The van der Waals surface area contributed by atoms with Gasteiger partial charge in [-0.2, -0.15) is 0 Å². The van der Waals surface area contributed by atoms with Crippen molar-refractivity contribution >= 4 is 5.82 Å². The van der Waals surface area contributed by atoms with Crippen LogP contribution in [0, 0.1) is 0 Å². The molecule has 4 heteroatoms. The van der Waals surface area contributed by atoms with Crippen molar-refractivity contribution in [3.63, 3.8) is 0 Å². The second kappa shape index (κ2) is 4.18. The Kier molecular flexibility index (Phi) is 2.72. The van der Waals surface area contributed by atoms with Gasteiger partial charge in [-0.25, -0.2) is 9.78 Å². The van der Waals surface area contributed by atoms with Crippen LogP contribution in [0.3, 0.4) is 0 Å². The summed E-state index contributed by atoms with van der Waals surface area (Å²) in [7, 11) is 0. The number of nitrogens with two attached hydrogens (primary N) is 1. The molecule has 2 rings (SSSR count). The molecule has 1 heterocycles. The third-order valence-corrected chi connectivity index (χ3v) is 2.52. The molecule has 0 unspecified atom stereocenters. The van der Waals surface area contributed by atoms with Gasteiger partial charge in [-0.1, -0.05) is 31.2 Å². The van der Waals surface area contributed by atoms with E-state index in [1.165, 1.54) is 11.8 Å². The van der Waals surface area contributed by atoms with Crippen LogP contribution in [-0.2, 0) is 6.42 Å². The highest BCUT2D eigenvalue weighted by Gasteiger charge is 2.03. The van der Waals surface area contributed by atoms with Crippen molar-refractivity contribution in [1.82, 2.24) is 9.97 Å². The van der Waals surface area contributed by atoms with Gasteiger partial charge in [-0.3, -0.25) is 4.98 Å². The molecular formula is C12H13N3O. The SMILES string of the molecule is CCc1ccc(-c2cnc(=O)[nH]c2N)cc1. The summed E-state index contributed by atoms with van der Waals surface area (Å²) in [5.41, 5.74) is 8.28. The van der Waals surface area contributed by atoms with E-state index in [9.17, 15) is 4.79 Å². The number of H-pyrrole nitrogens is 1. The molecule has 0 aliphatic carbocycles. The number of hydrogen-bond donors (Lipinski definition) is 2. The summed E-state index contributed by atoms with van der Waals surface area (Å²) in [6.07, 6.45) is 2.49. The van der Waals surface area contributed by atoms with Gasteiger partial charge in [0, 0.05) is 11.8 Å². The van der Waals surface area contributed by atoms with E-state index in [4.69, 9.17) is 5.73 Å². The highest BCUT2D eigenvalue weighted by molar-refractivity contribution is 5.72. The number of nitrogens with zero attached hydrogens (tertiary/aromatic N) is 1. The number of aromatic amines is 1. The molecule has 0 atom stereocenters. The second-order valence-corrected chi connectivity index (χ2v) is 3.57. The third-order valence-electron chi connectivity index (χ3n) is 2.52. The Morgan fingerprint density at radius 2 is 2.00 bits per heavy atom. The molecule has 0 aliphatic heterocycles. The Labute approximate surface area is 93.2 Å². The second-order valence-electron chi connectivity index (χ2n) is 3.57. The van der Waals surface area contributed by atoms with Crippen molar-refractivity contribution in [2.24, 2.45) is 0 Å². The predicted molar refractivity (Wildman–Crippen MR) is 64.1 cm³/mol. The average molecular weight is 215 g/mol. The zero-order valence-corrected chi connectivity index (χ0v) is 9.03. The number of nitrogen functional groups attached to an aromatic ring is 1. The fourth-order valence-electron chi connectivity index (χ4n) is 1.56. The van der Waals surface area contributed by atoms with E-state index in [0.717, 1.165) is 17.5 Å². The lowest BCUT2D eigenvalue weighted by Crippen LogP contribution is -2.12. The maximum atomic E-state index is 10.9. The Bertz CT molecular complexity index is 543. The summed E-state index contributed by atoms with van der Waals surface area (Å²) in [5.74, 6) is 0.351. The minimum Gasteiger partial charge on any atom is -0.385 e.